The van der Waals surface area contributed by atoms with Gasteiger partial charge in [-0.1, -0.05) is 77.0 Å². The van der Waals surface area contributed by atoms with E-state index in [-0.39, 0.29) is 0 Å². The van der Waals surface area contributed by atoms with Gasteiger partial charge in [0.05, 0.1) is 0 Å². The van der Waals surface area contributed by atoms with Crippen LogP contribution in [0.15, 0.2) is 0 Å². The van der Waals surface area contributed by atoms with Gasteiger partial charge in [-0.25, -0.2) is 0 Å². The Morgan fingerprint density at radius 1 is 0.429 bits per heavy atom. The molecule has 0 rings (SSSR count). The van der Waals surface area contributed by atoms with E-state index in [0.29, 0.717) is 12.8 Å². The summed E-state index contributed by atoms with van der Waals surface area (Å²) in [6.07, 6.45) is 19.6. The van der Waals surface area contributed by atoms with Crippen molar-refractivity contribution in [3.8, 4) is 0 Å². The molecule has 0 amide bonds. The number of thiol groups is 2. The fourth-order valence-electron chi connectivity index (χ4n) is 2.90. The van der Waals surface area contributed by atoms with Crippen molar-refractivity contribution in [2.75, 3.05) is 11.5 Å². The van der Waals surface area contributed by atoms with E-state index < -0.39 is 11.9 Å². The summed E-state index contributed by atoms with van der Waals surface area (Å²) in [4.78, 5) is 20.4. The van der Waals surface area contributed by atoms with Gasteiger partial charge in [0.15, 0.2) is 0 Å². The van der Waals surface area contributed by atoms with Gasteiger partial charge >= 0.3 is 11.9 Å². The summed E-state index contributed by atoms with van der Waals surface area (Å²) in [7, 11) is 0. The third kappa shape index (κ3) is 33.2. The molecule has 0 aliphatic rings. The SMILES string of the molecule is O=C(O)CCCCCCCCCCS.O=C(O)CCCCCCCCCCS. The first-order chi connectivity index (χ1) is 13.5. The molecule has 28 heavy (non-hydrogen) atoms. The van der Waals surface area contributed by atoms with Crippen LogP contribution in [0.1, 0.15) is 116 Å². The Morgan fingerprint density at radius 3 is 0.857 bits per heavy atom. The summed E-state index contributed by atoms with van der Waals surface area (Å²) < 4.78 is 0. The van der Waals surface area contributed by atoms with Gasteiger partial charge in [-0.15, -0.1) is 0 Å². The van der Waals surface area contributed by atoms with Crippen LogP contribution >= 0.6 is 25.3 Å². The van der Waals surface area contributed by atoms with Crippen LogP contribution in [-0.4, -0.2) is 33.7 Å². The summed E-state index contributed by atoms with van der Waals surface area (Å²) >= 11 is 8.31. The van der Waals surface area contributed by atoms with Gasteiger partial charge in [0.1, 0.15) is 0 Å². The lowest BCUT2D eigenvalue weighted by Crippen LogP contribution is -1.93. The monoisotopic (exact) mass is 436 g/mol. The first-order valence-corrected chi connectivity index (χ1v) is 12.5. The summed E-state index contributed by atoms with van der Waals surface area (Å²) in [6.45, 7) is 0. The van der Waals surface area contributed by atoms with E-state index in [1.54, 1.807) is 0 Å². The summed E-state index contributed by atoms with van der Waals surface area (Å²) in [6, 6.07) is 0. The molecule has 0 spiro atoms. The quantitative estimate of drug-likeness (QED) is 0.122. The molecule has 0 atom stereocenters. The molecule has 6 heteroatoms. The van der Waals surface area contributed by atoms with E-state index in [4.69, 9.17) is 10.2 Å². The van der Waals surface area contributed by atoms with Crippen molar-refractivity contribution in [2.24, 2.45) is 0 Å². The van der Waals surface area contributed by atoms with Crippen molar-refractivity contribution in [3.05, 3.63) is 0 Å². The fourth-order valence-corrected chi connectivity index (χ4v) is 3.34. The van der Waals surface area contributed by atoms with Crippen LogP contribution in [0.3, 0.4) is 0 Å². The smallest absolute Gasteiger partial charge is 0.303 e. The van der Waals surface area contributed by atoms with Crippen molar-refractivity contribution in [1.82, 2.24) is 0 Å². The third-order valence-corrected chi connectivity index (χ3v) is 5.23. The molecule has 0 bridgehead atoms. The van der Waals surface area contributed by atoms with Crippen LogP contribution in [0.4, 0.5) is 0 Å². The Kier molecular flexibility index (Phi) is 28.4. The lowest BCUT2D eigenvalue weighted by atomic mass is 10.1. The molecule has 0 saturated heterocycles. The van der Waals surface area contributed by atoms with E-state index >= 15 is 0 Å². The summed E-state index contributed by atoms with van der Waals surface area (Å²) in [5, 5.41) is 16.8. The van der Waals surface area contributed by atoms with Crippen molar-refractivity contribution < 1.29 is 19.8 Å². The standard InChI is InChI=1S/2C11H22O2S/c2*12-11(13)9-7-5-3-1-2-4-6-8-10-14/h2*14H,1-10H2,(H,12,13). The minimum atomic E-state index is -0.668. The highest BCUT2D eigenvalue weighted by Crippen LogP contribution is 2.10. The second-order valence-corrected chi connectivity index (χ2v) is 8.29. The lowest BCUT2D eigenvalue weighted by molar-refractivity contribution is -0.138. The molecular formula is C22H44O4S2. The highest BCUT2D eigenvalue weighted by atomic mass is 32.1. The first kappa shape index (κ1) is 29.8. The Morgan fingerprint density at radius 2 is 0.643 bits per heavy atom. The zero-order valence-electron chi connectivity index (χ0n) is 17.7. The van der Waals surface area contributed by atoms with Crippen LogP contribution in [0.5, 0.6) is 0 Å². The van der Waals surface area contributed by atoms with Crippen LogP contribution in [0, 0.1) is 0 Å². The maximum Gasteiger partial charge on any atom is 0.303 e. The Bertz CT molecular complexity index is 306. The van der Waals surface area contributed by atoms with Crippen molar-refractivity contribution >= 4 is 37.2 Å². The van der Waals surface area contributed by atoms with Gasteiger partial charge < -0.3 is 10.2 Å². The van der Waals surface area contributed by atoms with Gasteiger partial charge in [0, 0.05) is 12.8 Å². The topological polar surface area (TPSA) is 74.6 Å². The minimum Gasteiger partial charge on any atom is -0.481 e. The number of aliphatic carboxylic acids is 2. The molecule has 0 aliphatic carbocycles. The number of carboxylic acid groups (broad SMARTS) is 2. The van der Waals surface area contributed by atoms with Crippen molar-refractivity contribution in [2.45, 2.75) is 116 Å². The van der Waals surface area contributed by atoms with Crippen molar-refractivity contribution in [3.63, 3.8) is 0 Å². The predicted molar refractivity (Wildman–Crippen MR) is 126 cm³/mol. The van der Waals surface area contributed by atoms with Crippen LogP contribution in [-0.2, 0) is 9.59 Å². The van der Waals surface area contributed by atoms with Crippen LogP contribution in [0.25, 0.3) is 0 Å². The molecule has 0 aromatic carbocycles. The van der Waals surface area contributed by atoms with E-state index in [9.17, 15) is 9.59 Å². The van der Waals surface area contributed by atoms with Crippen LogP contribution < -0.4 is 0 Å². The molecule has 168 valence electrons. The van der Waals surface area contributed by atoms with Gasteiger partial charge in [-0.05, 0) is 37.2 Å². The molecule has 0 aromatic rings. The third-order valence-electron chi connectivity index (χ3n) is 4.60. The van der Waals surface area contributed by atoms with Gasteiger partial charge in [0.25, 0.3) is 0 Å². The second kappa shape index (κ2) is 26.6. The number of carboxylic acids is 2. The molecule has 0 unspecified atom stereocenters. The highest BCUT2D eigenvalue weighted by molar-refractivity contribution is 7.80. The summed E-state index contributed by atoms with van der Waals surface area (Å²) in [5.41, 5.74) is 0. The maximum atomic E-state index is 10.2. The van der Waals surface area contributed by atoms with E-state index in [2.05, 4.69) is 25.3 Å². The van der Waals surface area contributed by atoms with Crippen LogP contribution in [0.2, 0.25) is 0 Å². The minimum absolute atomic E-state index is 0.333. The average molecular weight is 437 g/mol. The van der Waals surface area contributed by atoms with E-state index in [0.717, 1.165) is 37.2 Å². The maximum absolute atomic E-state index is 10.2. The average Bonchev–Trinajstić information content (AvgIpc) is 2.65. The normalized spacial score (nSPS) is 10.4. The van der Waals surface area contributed by atoms with E-state index in [1.807, 2.05) is 0 Å². The molecule has 4 nitrogen and oxygen atoms in total. The molecule has 0 heterocycles. The molecule has 0 aliphatic heterocycles. The molecule has 0 aromatic heterocycles. The Balaban J connectivity index is 0. The number of rotatable bonds is 20. The second-order valence-electron chi connectivity index (χ2n) is 7.39. The summed E-state index contributed by atoms with van der Waals surface area (Å²) in [5.74, 6) is 0.662. The molecule has 0 radical (unpaired) electrons. The molecular weight excluding hydrogens is 392 g/mol. The zero-order chi connectivity index (χ0) is 21.3. The fraction of sp³-hybridized carbons (Fsp3) is 0.909. The predicted octanol–water partition coefficient (Wildman–Crippen LogP) is 7.02. The molecule has 0 saturated carbocycles. The molecule has 2 N–H and O–H groups in total. The number of unbranched alkanes of at least 4 members (excludes halogenated alkanes) is 14. The van der Waals surface area contributed by atoms with Gasteiger partial charge in [-0.3, -0.25) is 9.59 Å². The van der Waals surface area contributed by atoms with Crippen molar-refractivity contribution in [1.29, 1.82) is 0 Å². The zero-order valence-corrected chi connectivity index (χ0v) is 19.5. The highest BCUT2D eigenvalue weighted by Gasteiger charge is 1.97. The lowest BCUT2D eigenvalue weighted by Gasteiger charge is -2.00. The largest absolute Gasteiger partial charge is 0.481 e. The number of hydrogen-bond donors (Lipinski definition) is 4. The number of hydrogen-bond acceptors (Lipinski definition) is 4. The van der Waals surface area contributed by atoms with Gasteiger partial charge in [-0.2, -0.15) is 25.3 Å². The number of carbonyl (C=O) groups is 2. The van der Waals surface area contributed by atoms with E-state index in [1.165, 1.54) is 77.0 Å². The molecule has 0 fully saturated rings. The Labute approximate surface area is 184 Å². The first-order valence-electron chi connectivity index (χ1n) is 11.2. The van der Waals surface area contributed by atoms with Gasteiger partial charge in [0.2, 0.25) is 0 Å². The Hall–Kier alpha value is -0.360.